The number of nitrogens with one attached hydrogen (secondary N) is 1. The van der Waals surface area contributed by atoms with Gasteiger partial charge in [0.25, 0.3) is 5.91 Å². The van der Waals surface area contributed by atoms with Crippen molar-refractivity contribution in [3.05, 3.63) is 58.9 Å². The fraction of sp³-hybridized carbons (Fsp3) is 0.375. The van der Waals surface area contributed by atoms with Gasteiger partial charge in [-0.2, -0.15) is 0 Å². The summed E-state index contributed by atoms with van der Waals surface area (Å²) < 4.78 is 42.9. The minimum atomic E-state index is -0.891. The van der Waals surface area contributed by atoms with Crippen LogP contribution in [0.1, 0.15) is 28.0 Å². The predicted molar refractivity (Wildman–Crippen MR) is 121 cm³/mol. The number of hydrogen-bond acceptors (Lipinski definition) is 5. The number of carbonyl (C=O) groups excluding carboxylic acids is 2. The fourth-order valence-electron chi connectivity index (χ4n) is 4.20. The Morgan fingerprint density at radius 1 is 1.26 bits per heavy atom. The first-order chi connectivity index (χ1) is 16.3. The van der Waals surface area contributed by atoms with Gasteiger partial charge in [-0.25, -0.2) is 18.6 Å². The molecular formula is C24H26F2N4O4. The molecular weight excluding hydrogens is 446 g/mol. The van der Waals surface area contributed by atoms with Crippen molar-refractivity contribution in [3.63, 3.8) is 0 Å². The number of rotatable bonds is 4. The van der Waals surface area contributed by atoms with E-state index in [1.165, 1.54) is 14.2 Å². The van der Waals surface area contributed by atoms with E-state index in [1.54, 1.807) is 15.5 Å². The van der Waals surface area contributed by atoms with Crippen LogP contribution < -0.4 is 5.32 Å². The minimum absolute atomic E-state index is 0.122. The number of pyridine rings is 1. The third-order valence-electron chi connectivity index (χ3n) is 5.85. The maximum Gasteiger partial charge on any atom is 0.409 e. The third-order valence-corrected chi connectivity index (χ3v) is 5.85. The van der Waals surface area contributed by atoms with Crippen molar-refractivity contribution >= 4 is 17.6 Å². The van der Waals surface area contributed by atoms with Crippen LogP contribution in [0.15, 0.2) is 30.5 Å². The normalized spacial score (nSPS) is 16.4. The first-order valence-corrected chi connectivity index (χ1v) is 11.0. The number of amides is 2. The lowest BCUT2D eigenvalue weighted by Crippen LogP contribution is -2.37. The topological polar surface area (TPSA) is 85.2 Å². The number of nitrogens with zero attached hydrogens (tertiary/aromatic N) is 3. The molecule has 3 aromatic rings. The number of aryl methyl sites for hydroxylation is 1. The SMILES string of the molecule is CNC(=O)c1cc(F)c(-c2nc3cc(C)ccn3c2C[C@H]2CN(C(=O)OC)CCCO2)c(F)c1. The highest BCUT2D eigenvalue weighted by molar-refractivity contribution is 5.94. The van der Waals surface area contributed by atoms with Crippen molar-refractivity contribution < 1.29 is 27.8 Å². The Bertz CT molecular complexity index is 1220. The Hall–Kier alpha value is -3.53. The summed E-state index contributed by atoms with van der Waals surface area (Å²) in [6, 6.07) is 5.68. The fourth-order valence-corrected chi connectivity index (χ4v) is 4.20. The summed E-state index contributed by atoms with van der Waals surface area (Å²) in [5, 5.41) is 2.36. The van der Waals surface area contributed by atoms with E-state index in [4.69, 9.17) is 9.47 Å². The maximum absolute atomic E-state index is 15.2. The number of halogens is 2. The van der Waals surface area contributed by atoms with E-state index in [2.05, 4.69) is 10.3 Å². The van der Waals surface area contributed by atoms with Gasteiger partial charge in [-0.1, -0.05) is 0 Å². The smallest absolute Gasteiger partial charge is 0.409 e. The molecule has 0 radical (unpaired) electrons. The molecule has 1 aliphatic heterocycles. The lowest BCUT2D eigenvalue weighted by molar-refractivity contribution is 0.0514. The van der Waals surface area contributed by atoms with Gasteiger partial charge in [0.1, 0.15) is 17.3 Å². The van der Waals surface area contributed by atoms with Gasteiger partial charge in [0.15, 0.2) is 0 Å². The van der Waals surface area contributed by atoms with Crippen molar-refractivity contribution in [1.82, 2.24) is 19.6 Å². The standard InChI is InChI=1S/C24H26F2N4O4/c1-14-5-7-30-19(12-16-13-29(24(32)33-3)6-4-8-34-16)22(28-20(30)9-14)21-17(25)10-15(11-18(21)26)23(31)27-2/h5,7,9-11,16H,4,6,8,12-13H2,1-3H3,(H,27,31)/t16-/m0/s1. The zero-order chi connectivity index (χ0) is 24.4. The summed E-state index contributed by atoms with van der Waals surface area (Å²) in [5.74, 6) is -2.37. The molecule has 1 atom stereocenters. The molecule has 0 saturated carbocycles. The zero-order valence-corrected chi connectivity index (χ0v) is 19.2. The molecule has 1 N–H and O–H groups in total. The van der Waals surface area contributed by atoms with Crippen LogP contribution in [0.5, 0.6) is 0 Å². The highest BCUT2D eigenvalue weighted by Gasteiger charge is 2.28. The third kappa shape index (κ3) is 4.58. The average Bonchev–Trinajstić information content (AvgIpc) is 2.98. The molecule has 2 aromatic heterocycles. The molecule has 0 bridgehead atoms. The Morgan fingerprint density at radius 3 is 2.68 bits per heavy atom. The molecule has 3 heterocycles. The van der Waals surface area contributed by atoms with E-state index >= 15 is 8.78 Å². The van der Waals surface area contributed by atoms with Crippen LogP contribution in [-0.2, 0) is 15.9 Å². The summed E-state index contributed by atoms with van der Waals surface area (Å²) in [4.78, 5) is 30.1. The van der Waals surface area contributed by atoms with Crippen molar-refractivity contribution in [2.75, 3.05) is 33.9 Å². The van der Waals surface area contributed by atoms with E-state index < -0.39 is 29.7 Å². The Balaban J connectivity index is 1.80. The number of imidazole rings is 1. The highest BCUT2D eigenvalue weighted by Crippen LogP contribution is 2.32. The second kappa shape index (κ2) is 9.76. The molecule has 0 unspecified atom stereocenters. The van der Waals surface area contributed by atoms with Gasteiger partial charge in [-0.3, -0.25) is 4.79 Å². The van der Waals surface area contributed by atoms with Gasteiger partial charge < -0.3 is 24.1 Å². The summed E-state index contributed by atoms with van der Waals surface area (Å²) in [6.07, 6.45) is 1.81. The highest BCUT2D eigenvalue weighted by atomic mass is 19.1. The quantitative estimate of drug-likeness (QED) is 0.630. The van der Waals surface area contributed by atoms with E-state index in [-0.39, 0.29) is 29.8 Å². The van der Waals surface area contributed by atoms with Crippen LogP contribution in [0.3, 0.4) is 0 Å². The molecule has 10 heteroatoms. The molecule has 1 fully saturated rings. The number of fused-ring (bicyclic) bond motifs is 1. The molecule has 0 aliphatic carbocycles. The van der Waals surface area contributed by atoms with Crippen LogP contribution >= 0.6 is 0 Å². The zero-order valence-electron chi connectivity index (χ0n) is 19.2. The van der Waals surface area contributed by atoms with Gasteiger partial charge in [0.05, 0.1) is 36.7 Å². The molecule has 1 aliphatic rings. The largest absolute Gasteiger partial charge is 0.453 e. The minimum Gasteiger partial charge on any atom is -0.453 e. The van der Waals surface area contributed by atoms with Crippen LogP contribution in [0.4, 0.5) is 13.6 Å². The number of ether oxygens (including phenoxy) is 2. The second-order valence-corrected chi connectivity index (χ2v) is 8.20. The molecule has 8 nitrogen and oxygen atoms in total. The summed E-state index contributed by atoms with van der Waals surface area (Å²) in [5.41, 5.74) is 1.69. The van der Waals surface area contributed by atoms with Crippen LogP contribution in [-0.4, -0.2) is 66.2 Å². The Labute approximate surface area is 195 Å². The molecule has 0 spiro atoms. The van der Waals surface area contributed by atoms with Gasteiger partial charge in [0, 0.05) is 38.4 Å². The number of aromatic nitrogens is 2. The van der Waals surface area contributed by atoms with Gasteiger partial charge in [-0.05, 0) is 43.2 Å². The summed E-state index contributed by atoms with van der Waals surface area (Å²) >= 11 is 0. The molecule has 4 rings (SSSR count). The van der Waals surface area contributed by atoms with Gasteiger partial charge in [-0.15, -0.1) is 0 Å². The Kier molecular flexibility index (Phi) is 6.78. The molecule has 1 aromatic carbocycles. The maximum atomic E-state index is 15.2. The van der Waals surface area contributed by atoms with Crippen molar-refractivity contribution in [2.45, 2.75) is 25.9 Å². The van der Waals surface area contributed by atoms with Crippen LogP contribution in [0.2, 0.25) is 0 Å². The number of carbonyl (C=O) groups is 2. The molecule has 2 amide bonds. The second-order valence-electron chi connectivity index (χ2n) is 8.20. The van der Waals surface area contributed by atoms with Crippen LogP contribution in [0, 0.1) is 18.6 Å². The van der Waals surface area contributed by atoms with E-state index in [0.717, 1.165) is 17.7 Å². The van der Waals surface area contributed by atoms with Gasteiger partial charge in [0.2, 0.25) is 0 Å². The van der Waals surface area contributed by atoms with E-state index in [0.29, 0.717) is 30.9 Å². The van der Waals surface area contributed by atoms with E-state index in [9.17, 15) is 9.59 Å². The monoisotopic (exact) mass is 472 g/mol. The first-order valence-electron chi connectivity index (χ1n) is 11.0. The van der Waals surface area contributed by atoms with Crippen LogP contribution in [0.25, 0.3) is 16.9 Å². The Morgan fingerprint density at radius 2 is 2.00 bits per heavy atom. The lowest BCUT2D eigenvalue weighted by Gasteiger charge is -2.23. The lowest BCUT2D eigenvalue weighted by atomic mass is 10.0. The number of methoxy groups -OCH3 is 1. The number of benzene rings is 1. The molecule has 180 valence electrons. The van der Waals surface area contributed by atoms with E-state index in [1.807, 2.05) is 19.1 Å². The summed E-state index contributed by atoms with van der Waals surface area (Å²) in [7, 11) is 2.71. The molecule has 1 saturated heterocycles. The first kappa shape index (κ1) is 23.6. The van der Waals surface area contributed by atoms with Gasteiger partial charge >= 0.3 is 6.09 Å². The molecule has 34 heavy (non-hydrogen) atoms. The predicted octanol–water partition coefficient (Wildman–Crippen LogP) is 3.35. The number of hydrogen-bond donors (Lipinski definition) is 1. The van der Waals surface area contributed by atoms with Crippen molar-refractivity contribution in [3.8, 4) is 11.3 Å². The van der Waals surface area contributed by atoms with Crippen molar-refractivity contribution in [2.24, 2.45) is 0 Å². The average molecular weight is 472 g/mol. The van der Waals surface area contributed by atoms with Crippen molar-refractivity contribution in [1.29, 1.82) is 0 Å². The summed E-state index contributed by atoms with van der Waals surface area (Å²) in [6.45, 7) is 3.10.